The summed E-state index contributed by atoms with van der Waals surface area (Å²) in [4.78, 5) is 11.5. The minimum Gasteiger partial charge on any atom is -0.352 e. The van der Waals surface area contributed by atoms with Crippen LogP contribution in [0, 0.1) is 0 Å². The number of primary amides is 1. The molecule has 0 aliphatic rings. The Morgan fingerprint density at radius 1 is 1.00 bits per heavy atom. The first-order valence-corrected chi connectivity index (χ1v) is 12.5. The fourth-order valence-corrected chi connectivity index (χ4v) is 9.89. The molecular formula is C23H36N2OSi. The van der Waals surface area contributed by atoms with E-state index < -0.39 is 14.1 Å². The Morgan fingerprint density at radius 3 is 1.89 bits per heavy atom. The molecule has 27 heavy (non-hydrogen) atoms. The van der Waals surface area contributed by atoms with Gasteiger partial charge in [0, 0.05) is 6.04 Å². The molecule has 0 aromatic heterocycles. The van der Waals surface area contributed by atoms with Gasteiger partial charge < -0.3 is 11.1 Å². The van der Waals surface area contributed by atoms with Gasteiger partial charge in [0.15, 0.2) is 0 Å². The Balaban J connectivity index is 2.99. The third-order valence-corrected chi connectivity index (χ3v) is 10.1. The largest absolute Gasteiger partial charge is 0.352 e. The van der Waals surface area contributed by atoms with Crippen LogP contribution in [0.5, 0.6) is 0 Å². The minimum atomic E-state index is -1.71. The van der Waals surface area contributed by atoms with Crippen LogP contribution in [-0.2, 0) is 6.42 Å². The zero-order chi connectivity index (χ0) is 20.4. The molecule has 2 amide bonds. The van der Waals surface area contributed by atoms with Gasteiger partial charge in [0.25, 0.3) is 0 Å². The summed E-state index contributed by atoms with van der Waals surface area (Å²) in [5, 5.41) is 2.95. The number of nitrogens with two attached hydrogens (primary N) is 1. The predicted molar refractivity (Wildman–Crippen MR) is 121 cm³/mol. The van der Waals surface area contributed by atoms with Gasteiger partial charge >= 0.3 is 6.03 Å². The number of benzene rings is 1. The second-order valence-corrected chi connectivity index (χ2v) is 12.9. The van der Waals surface area contributed by atoms with Crippen molar-refractivity contribution >= 4 is 14.1 Å². The molecule has 0 radical (unpaired) electrons. The van der Waals surface area contributed by atoms with Gasteiger partial charge in [-0.2, -0.15) is 0 Å². The summed E-state index contributed by atoms with van der Waals surface area (Å²) in [6.07, 6.45) is 1.71. The van der Waals surface area contributed by atoms with Crippen LogP contribution in [-0.4, -0.2) is 20.1 Å². The van der Waals surface area contributed by atoms with Crippen molar-refractivity contribution in [3.05, 3.63) is 72.4 Å². The van der Waals surface area contributed by atoms with Crippen molar-refractivity contribution in [2.45, 2.75) is 63.8 Å². The van der Waals surface area contributed by atoms with Gasteiger partial charge in [-0.15, -0.1) is 19.7 Å². The molecule has 0 aliphatic carbocycles. The number of allylic oxidation sites excluding steroid dienone is 3. The summed E-state index contributed by atoms with van der Waals surface area (Å²) in [6.45, 7) is 18.9. The van der Waals surface area contributed by atoms with E-state index in [0.717, 1.165) is 37.0 Å². The summed E-state index contributed by atoms with van der Waals surface area (Å²) in [6, 6.07) is 14.1. The fourth-order valence-electron chi connectivity index (χ4n) is 4.18. The lowest BCUT2D eigenvalue weighted by atomic mass is 10.0. The molecule has 1 atom stereocenters. The van der Waals surface area contributed by atoms with E-state index in [1.54, 1.807) is 0 Å². The first-order chi connectivity index (χ1) is 12.6. The zero-order valence-corrected chi connectivity index (χ0v) is 18.3. The maximum absolute atomic E-state index is 11.5. The van der Waals surface area contributed by atoms with Gasteiger partial charge in [-0.25, -0.2) is 4.79 Å². The highest BCUT2D eigenvalue weighted by atomic mass is 28.3. The lowest BCUT2D eigenvalue weighted by molar-refractivity contribution is 0.244. The van der Waals surface area contributed by atoms with Crippen LogP contribution in [0.4, 0.5) is 4.79 Å². The quantitative estimate of drug-likeness (QED) is 0.345. The molecule has 0 aliphatic heterocycles. The third kappa shape index (κ3) is 9.43. The molecule has 0 heterocycles. The van der Waals surface area contributed by atoms with Crippen molar-refractivity contribution in [3.63, 3.8) is 0 Å². The maximum atomic E-state index is 11.5. The topological polar surface area (TPSA) is 55.1 Å². The molecule has 0 saturated heterocycles. The molecule has 0 fully saturated rings. The molecule has 3 nitrogen and oxygen atoms in total. The Kier molecular flexibility index (Phi) is 9.29. The van der Waals surface area contributed by atoms with Crippen molar-refractivity contribution in [3.8, 4) is 0 Å². The highest BCUT2D eigenvalue weighted by Gasteiger charge is 2.33. The van der Waals surface area contributed by atoms with E-state index in [4.69, 9.17) is 5.73 Å². The molecule has 0 saturated carbocycles. The SMILES string of the molecule is C=C(C)C[Si](CCC(Cc1ccccc1)NC(N)=O)(CC(=C)C)CC(=C)C. The summed E-state index contributed by atoms with van der Waals surface area (Å²) in [5.41, 5.74) is 10.3. The molecule has 1 unspecified atom stereocenters. The molecule has 0 bridgehead atoms. The molecule has 1 aromatic carbocycles. The number of urea groups is 1. The summed E-state index contributed by atoms with van der Waals surface area (Å²) >= 11 is 0. The van der Waals surface area contributed by atoms with Crippen molar-refractivity contribution in [1.29, 1.82) is 0 Å². The van der Waals surface area contributed by atoms with Crippen molar-refractivity contribution in [2.75, 3.05) is 0 Å². The smallest absolute Gasteiger partial charge is 0.312 e. The number of amides is 2. The van der Waals surface area contributed by atoms with Crippen LogP contribution >= 0.6 is 0 Å². The lowest BCUT2D eigenvalue weighted by Crippen LogP contribution is -2.42. The number of hydrogen-bond acceptors (Lipinski definition) is 1. The van der Waals surface area contributed by atoms with E-state index in [9.17, 15) is 4.79 Å². The number of nitrogens with one attached hydrogen (secondary N) is 1. The second kappa shape index (κ2) is 10.9. The normalized spacial score (nSPS) is 12.3. The third-order valence-electron chi connectivity index (χ3n) is 4.72. The van der Waals surface area contributed by atoms with Crippen LogP contribution in [0.2, 0.25) is 24.2 Å². The monoisotopic (exact) mass is 384 g/mol. The van der Waals surface area contributed by atoms with Crippen LogP contribution in [0.1, 0.15) is 32.8 Å². The Bertz CT molecular complexity index is 625. The highest BCUT2D eigenvalue weighted by molar-refractivity contribution is 6.81. The zero-order valence-electron chi connectivity index (χ0n) is 17.3. The standard InChI is InChI=1S/C23H36N2OSi/c1-18(2)15-27(16-19(3)4,17-20(5)6)13-12-22(25-23(24)26)14-21-10-8-7-9-11-21/h7-11,22H,1,3,5,12-17H2,2,4,6H3,(H3,24,25,26). The Hall–Kier alpha value is -2.07. The average Bonchev–Trinajstić information content (AvgIpc) is 2.51. The van der Waals surface area contributed by atoms with Crippen LogP contribution in [0.3, 0.4) is 0 Å². The van der Waals surface area contributed by atoms with Gasteiger partial charge in [0.1, 0.15) is 0 Å². The average molecular weight is 385 g/mol. The van der Waals surface area contributed by atoms with Crippen molar-refractivity contribution in [1.82, 2.24) is 5.32 Å². The molecule has 4 heteroatoms. The number of carbonyl (C=O) groups is 1. The van der Waals surface area contributed by atoms with E-state index in [-0.39, 0.29) is 6.04 Å². The minimum absolute atomic E-state index is 0.0390. The van der Waals surface area contributed by atoms with Crippen LogP contribution in [0.15, 0.2) is 66.8 Å². The van der Waals surface area contributed by atoms with Gasteiger partial charge in [0.2, 0.25) is 0 Å². The molecular weight excluding hydrogens is 348 g/mol. The van der Waals surface area contributed by atoms with Gasteiger partial charge in [-0.1, -0.05) is 53.1 Å². The Labute approximate surface area is 166 Å². The fraction of sp³-hybridized carbons (Fsp3) is 0.435. The second-order valence-electron chi connectivity index (χ2n) is 8.34. The van der Waals surface area contributed by atoms with Gasteiger partial charge in [-0.3, -0.25) is 0 Å². The van der Waals surface area contributed by atoms with E-state index in [1.807, 2.05) is 18.2 Å². The van der Waals surface area contributed by atoms with Crippen LogP contribution in [0.25, 0.3) is 0 Å². The van der Waals surface area contributed by atoms with Gasteiger partial charge in [-0.05, 0) is 57.3 Å². The molecule has 3 N–H and O–H groups in total. The van der Waals surface area contributed by atoms with E-state index in [0.29, 0.717) is 0 Å². The highest BCUT2D eigenvalue weighted by Crippen LogP contribution is 2.35. The summed E-state index contributed by atoms with van der Waals surface area (Å²) < 4.78 is 0. The molecule has 1 aromatic rings. The number of hydrogen-bond donors (Lipinski definition) is 2. The first-order valence-electron chi connectivity index (χ1n) is 9.65. The lowest BCUT2D eigenvalue weighted by Gasteiger charge is -2.34. The number of carbonyl (C=O) groups excluding carboxylic acids is 1. The maximum Gasteiger partial charge on any atom is 0.312 e. The first kappa shape index (κ1) is 23.0. The molecule has 1 rings (SSSR count). The predicted octanol–water partition coefficient (Wildman–Crippen LogP) is 5.83. The molecule has 0 spiro atoms. The molecule has 148 valence electrons. The summed E-state index contributed by atoms with van der Waals surface area (Å²) in [7, 11) is -1.71. The van der Waals surface area contributed by atoms with E-state index in [2.05, 4.69) is 58.0 Å². The van der Waals surface area contributed by atoms with E-state index in [1.165, 1.54) is 22.3 Å². The Morgan fingerprint density at radius 2 is 1.48 bits per heavy atom. The number of rotatable bonds is 12. The van der Waals surface area contributed by atoms with Crippen LogP contribution < -0.4 is 11.1 Å². The van der Waals surface area contributed by atoms with E-state index >= 15 is 0 Å². The van der Waals surface area contributed by atoms with Crippen molar-refractivity contribution in [2.24, 2.45) is 5.73 Å². The summed E-state index contributed by atoms with van der Waals surface area (Å²) in [5.74, 6) is 0. The van der Waals surface area contributed by atoms with Gasteiger partial charge in [0.05, 0.1) is 8.07 Å². The van der Waals surface area contributed by atoms with Crippen molar-refractivity contribution < 1.29 is 4.79 Å².